The quantitative estimate of drug-likeness (QED) is 0.384. The molecule has 0 radical (unpaired) electrons. The molecule has 2 aliphatic carbocycles. The molecule has 1 saturated carbocycles. The van der Waals surface area contributed by atoms with Crippen LogP contribution in [0.3, 0.4) is 0 Å². The van der Waals surface area contributed by atoms with Gasteiger partial charge >= 0.3 is 11.9 Å². The first-order valence-electron chi connectivity index (χ1n) is 9.50. The fourth-order valence-corrected chi connectivity index (χ4v) is 3.78. The van der Waals surface area contributed by atoms with E-state index in [1.54, 1.807) is 13.0 Å². The molecule has 2 rings (SSSR count). The van der Waals surface area contributed by atoms with E-state index >= 15 is 0 Å². The summed E-state index contributed by atoms with van der Waals surface area (Å²) in [6.07, 6.45) is 7.07. The molecule has 0 amide bonds. The molecule has 0 heterocycles. The minimum absolute atomic E-state index is 0.0547. The fourth-order valence-electron chi connectivity index (χ4n) is 3.78. The first-order chi connectivity index (χ1) is 12.6. The number of carbonyl (C=O) groups is 3. The summed E-state index contributed by atoms with van der Waals surface area (Å²) in [6, 6.07) is 0. The van der Waals surface area contributed by atoms with E-state index in [1.807, 2.05) is 39.8 Å². The number of Topliss-reactive ketones (excluding diaryl/α,β-unsaturated/α-hetero) is 1. The van der Waals surface area contributed by atoms with E-state index in [2.05, 4.69) is 0 Å². The maximum Gasteiger partial charge on any atom is 0.333 e. The number of ether oxygens (including phenoxy) is 2. The highest BCUT2D eigenvalue weighted by atomic mass is 16.5. The standard InChI is InChI=1S/C22H30O5/c1-7-8-9-10-15-14(3)18(12-17(15)23)27-21(25)19-16(22(19,4)5)11-13(2)20(24)26-6/h8-9,11,16,18-19H,7,10,12H2,1-6H3/b9-8+,13-11+. The number of methoxy groups -OCH3 is 1. The Hall–Kier alpha value is -2.17. The Morgan fingerprint density at radius 3 is 2.52 bits per heavy atom. The van der Waals surface area contributed by atoms with Gasteiger partial charge in [0.15, 0.2) is 5.78 Å². The van der Waals surface area contributed by atoms with E-state index in [-0.39, 0.29) is 35.4 Å². The van der Waals surface area contributed by atoms with Crippen molar-refractivity contribution in [1.29, 1.82) is 0 Å². The fraction of sp³-hybridized carbons (Fsp3) is 0.591. The van der Waals surface area contributed by atoms with Gasteiger partial charge in [-0.05, 0) is 43.6 Å². The molecule has 5 nitrogen and oxygen atoms in total. The van der Waals surface area contributed by atoms with Crippen molar-refractivity contribution in [1.82, 2.24) is 0 Å². The molecule has 3 unspecified atom stereocenters. The topological polar surface area (TPSA) is 69.7 Å². The predicted molar refractivity (Wildman–Crippen MR) is 103 cm³/mol. The Morgan fingerprint density at radius 2 is 1.93 bits per heavy atom. The van der Waals surface area contributed by atoms with E-state index in [0.29, 0.717) is 12.0 Å². The smallest absolute Gasteiger partial charge is 0.333 e. The number of allylic oxidation sites excluding steroid dienone is 4. The van der Waals surface area contributed by atoms with Crippen LogP contribution in [-0.4, -0.2) is 30.9 Å². The van der Waals surface area contributed by atoms with Crippen LogP contribution >= 0.6 is 0 Å². The van der Waals surface area contributed by atoms with Gasteiger partial charge in [0.1, 0.15) is 6.10 Å². The van der Waals surface area contributed by atoms with Crippen molar-refractivity contribution in [2.24, 2.45) is 17.3 Å². The second-order valence-corrected chi connectivity index (χ2v) is 7.96. The van der Waals surface area contributed by atoms with E-state index in [1.165, 1.54) is 7.11 Å². The van der Waals surface area contributed by atoms with Gasteiger partial charge < -0.3 is 9.47 Å². The van der Waals surface area contributed by atoms with Gasteiger partial charge in [0.25, 0.3) is 0 Å². The van der Waals surface area contributed by atoms with E-state index in [0.717, 1.165) is 17.6 Å². The highest BCUT2D eigenvalue weighted by Gasteiger charge is 2.62. The summed E-state index contributed by atoms with van der Waals surface area (Å²) in [4.78, 5) is 36.6. The van der Waals surface area contributed by atoms with E-state index in [9.17, 15) is 14.4 Å². The minimum Gasteiger partial charge on any atom is -0.466 e. The SMILES string of the molecule is CC/C=C/CC1=C(C)C(OC(=O)C2C(/C=C(\C)C(=O)OC)C2(C)C)CC1=O. The molecule has 148 valence electrons. The summed E-state index contributed by atoms with van der Waals surface area (Å²) >= 11 is 0. The Bertz CT molecular complexity index is 723. The molecule has 0 aliphatic heterocycles. The van der Waals surface area contributed by atoms with Gasteiger partial charge in [-0.1, -0.05) is 39.0 Å². The van der Waals surface area contributed by atoms with Crippen molar-refractivity contribution in [2.45, 2.75) is 60.0 Å². The van der Waals surface area contributed by atoms with Gasteiger partial charge in [0.2, 0.25) is 0 Å². The lowest BCUT2D eigenvalue weighted by Gasteiger charge is -2.13. The molecular formula is C22H30O5. The van der Waals surface area contributed by atoms with Crippen LogP contribution in [-0.2, 0) is 23.9 Å². The third kappa shape index (κ3) is 4.40. The molecule has 0 aromatic heterocycles. The zero-order valence-electron chi connectivity index (χ0n) is 17.1. The normalized spacial score (nSPS) is 27.3. The van der Waals surface area contributed by atoms with Gasteiger partial charge in [0, 0.05) is 11.1 Å². The summed E-state index contributed by atoms with van der Waals surface area (Å²) in [7, 11) is 1.34. The molecule has 0 saturated heterocycles. The van der Waals surface area contributed by atoms with Crippen LogP contribution in [0.5, 0.6) is 0 Å². The Kier molecular flexibility index (Phi) is 6.45. The van der Waals surface area contributed by atoms with Crippen molar-refractivity contribution in [3.8, 4) is 0 Å². The summed E-state index contributed by atoms with van der Waals surface area (Å²) in [6.45, 7) is 9.56. The van der Waals surface area contributed by atoms with Crippen LogP contribution in [0.15, 0.2) is 34.9 Å². The van der Waals surface area contributed by atoms with Crippen LogP contribution in [0, 0.1) is 17.3 Å². The van der Waals surface area contributed by atoms with Crippen LogP contribution in [0.2, 0.25) is 0 Å². The molecule has 5 heteroatoms. The predicted octanol–water partition coefficient (Wildman–Crippen LogP) is 3.94. The summed E-state index contributed by atoms with van der Waals surface area (Å²) < 4.78 is 10.4. The Labute approximate surface area is 161 Å². The molecule has 0 N–H and O–H groups in total. The number of esters is 2. The van der Waals surface area contributed by atoms with Crippen molar-refractivity contribution in [3.05, 3.63) is 34.9 Å². The maximum absolute atomic E-state index is 12.7. The van der Waals surface area contributed by atoms with Crippen molar-refractivity contribution >= 4 is 17.7 Å². The molecule has 0 bridgehead atoms. The summed E-state index contributed by atoms with van der Waals surface area (Å²) in [5.41, 5.74) is 1.82. The highest BCUT2D eigenvalue weighted by molar-refractivity contribution is 6.00. The third-order valence-corrected chi connectivity index (χ3v) is 5.75. The average Bonchev–Trinajstić information content (AvgIpc) is 3.05. The van der Waals surface area contributed by atoms with Crippen molar-refractivity contribution < 1.29 is 23.9 Å². The molecule has 0 aromatic rings. The first kappa shape index (κ1) is 21.1. The molecule has 1 fully saturated rings. The van der Waals surface area contributed by atoms with Gasteiger partial charge in [-0.25, -0.2) is 4.79 Å². The lowest BCUT2D eigenvalue weighted by molar-refractivity contribution is -0.150. The molecule has 27 heavy (non-hydrogen) atoms. The largest absolute Gasteiger partial charge is 0.466 e. The average molecular weight is 374 g/mol. The second-order valence-electron chi connectivity index (χ2n) is 7.96. The summed E-state index contributed by atoms with van der Waals surface area (Å²) in [5.74, 6) is -1.03. The molecule has 0 aromatic carbocycles. The number of hydrogen-bond acceptors (Lipinski definition) is 5. The van der Waals surface area contributed by atoms with Gasteiger partial charge in [-0.15, -0.1) is 0 Å². The zero-order chi connectivity index (χ0) is 20.4. The van der Waals surface area contributed by atoms with E-state index in [4.69, 9.17) is 9.47 Å². The Balaban J connectivity index is 2.06. The van der Waals surface area contributed by atoms with Gasteiger partial charge in [-0.3, -0.25) is 9.59 Å². The zero-order valence-corrected chi connectivity index (χ0v) is 17.1. The summed E-state index contributed by atoms with van der Waals surface area (Å²) in [5, 5.41) is 0. The van der Waals surface area contributed by atoms with Crippen molar-refractivity contribution in [3.63, 3.8) is 0 Å². The number of hydrogen-bond donors (Lipinski definition) is 0. The van der Waals surface area contributed by atoms with Crippen LogP contribution in [0.4, 0.5) is 0 Å². The molecule has 2 aliphatic rings. The number of carbonyl (C=O) groups excluding carboxylic acids is 3. The second kappa shape index (κ2) is 8.24. The lowest BCUT2D eigenvalue weighted by Crippen LogP contribution is -2.20. The molecule has 3 atom stereocenters. The maximum atomic E-state index is 12.7. The van der Waals surface area contributed by atoms with Gasteiger partial charge in [0.05, 0.1) is 19.4 Å². The first-order valence-corrected chi connectivity index (χ1v) is 9.50. The van der Waals surface area contributed by atoms with Gasteiger partial charge in [-0.2, -0.15) is 0 Å². The van der Waals surface area contributed by atoms with E-state index < -0.39 is 12.1 Å². The number of ketones is 1. The molecule has 0 spiro atoms. The minimum atomic E-state index is -0.474. The Morgan fingerprint density at radius 1 is 1.26 bits per heavy atom. The van der Waals surface area contributed by atoms with Crippen molar-refractivity contribution in [2.75, 3.05) is 7.11 Å². The lowest BCUT2D eigenvalue weighted by atomic mass is 10.1. The highest BCUT2D eigenvalue weighted by Crippen LogP contribution is 2.60. The molecular weight excluding hydrogens is 344 g/mol. The van der Waals surface area contributed by atoms with Crippen LogP contribution in [0.1, 0.15) is 53.9 Å². The van der Waals surface area contributed by atoms with Crippen LogP contribution in [0.25, 0.3) is 0 Å². The third-order valence-electron chi connectivity index (χ3n) is 5.75. The monoisotopic (exact) mass is 374 g/mol. The number of rotatable bonds is 7. The van der Waals surface area contributed by atoms with Crippen LogP contribution < -0.4 is 0 Å².